The van der Waals surface area contributed by atoms with Crippen LogP contribution in [0.15, 0.2) is 24.3 Å². The second-order valence-corrected chi connectivity index (χ2v) is 6.70. The topological polar surface area (TPSA) is 32.3 Å². The van der Waals surface area contributed by atoms with E-state index in [1.54, 1.807) is 6.07 Å². The van der Waals surface area contributed by atoms with Crippen molar-refractivity contribution in [3.63, 3.8) is 0 Å². The average molecular weight is 301 g/mol. The van der Waals surface area contributed by atoms with Crippen LogP contribution in [-0.4, -0.2) is 17.3 Å². The van der Waals surface area contributed by atoms with Crippen LogP contribution >= 0.6 is 0 Å². The number of alkyl halides is 3. The lowest BCUT2D eigenvalue weighted by Crippen LogP contribution is -2.45. The van der Waals surface area contributed by atoms with Gasteiger partial charge in [0.2, 0.25) is 0 Å². The highest BCUT2D eigenvalue weighted by Crippen LogP contribution is 2.41. The molecule has 1 aromatic carbocycles. The predicted octanol–water partition coefficient (Wildman–Crippen LogP) is 4.30. The number of aliphatic hydroxyl groups is 1. The SMILES string of the molecule is CC1C(O)CC(Nc2cccc(C(F)(F)F)c2)CC1(C)C. The van der Waals surface area contributed by atoms with Crippen molar-refractivity contribution in [3.8, 4) is 0 Å². The molecular formula is C16H22F3NO. The molecule has 0 heterocycles. The molecule has 5 heteroatoms. The Morgan fingerprint density at radius 3 is 2.52 bits per heavy atom. The summed E-state index contributed by atoms with van der Waals surface area (Å²) in [6, 6.07) is 5.20. The summed E-state index contributed by atoms with van der Waals surface area (Å²) >= 11 is 0. The summed E-state index contributed by atoms with van der Waals surface area (Å²) < 4.78 is 38.1. The highest BCUT2D eigenvalue weighted by atomic mass is 19.4. The smallest absolute Gasteiger partial charge is 0.393 e. The van der Waals surface area contributed by atoms with Crippen LogP contribution in [0.2, 0.25) is 0 Å². The van der Waals surface area contributed by atoms with Crippen molar-refractivity contribution in [1.82, 2.24) is 0 Å². The van der Waals surface area contributed by atoms with Crippen LogP contribution < -0.4 is 5.32 Å². The molecule has 1 fully saturated rings. The molecule has 2 N–H and O–H groups in total. The van der Waals surface area contributed by atoms with Crippen molar-refractivity contribution in [2.45, 2.75) is 51.9 Å². The van der Waals surface area contributed by atoms with E-state index in [4.69, 9.17) is 0 Å². The van der Waals surface area contributed by atoms with Crippen molar-refractivity contribution in [3.05, 3.63) is 29.8 Å². The van der Waals surface area contributed by atoms with Crippen molar-refractivity contribution in [2.24, 2.45) is 11.3 Å². The van der Waals surface area contributed by atoms with Crippen LogP contribution in [0.3, 0.4) is 0 Å². The number of rotatable bonds is 2. The minimum absolute atomic E-state index is 0.0188. The molecule has 0 aliphatic heterocycles. The third kappa shape index (κ3) is 3.70. The molecule has 3 atom stereocenters. The maximum Gasteiger partial charge on any atom is 0.416 e. The number of anilines is 1. The zero-order valence-corrected chi connectivity index (χ0v) is 12.5. The summed E-state index contributed by atoms with van der Waals surface area (Å²) in [6.45, 7) is 6.19. The van der Waals surface area contributed by atoms with E-state index in [0.29, 0.717) is 12.1 Å². The van der Waals surface area contributed by atoms with E-state index in [9.17, 15) is 18.3 Å². The Balaban J connectivity index is 2.12. The van der Waals surface area contributed by atoms with Gasteiger partial charge in [0.1, 0.15) is 0 Å². The highest BCUT2D eigenvalue weighted by molar-refractivity contribution is 5.47. The lowest BCUT2D eigenvalue weighted by Gasteiger charge is -2.44. The standard InChI is InChI=1S/C16H22F3NO/c1-10-14(21)8-13(9-15(10,2)3)20-12-6-4-5-11(7-12)16(17,18)19/h4-7,10,13-14,20-21H,8-9H2,1-3H3. The molecule has 0 spiro atoms. The first-order valence-corrected chi connectivity index (χ1v) is 7.21. The monoisotopic (exact) mass is 301 g/mol. The van der Waals surface area contributed by atoms with Crippen molar-refractivity contribution >= 4 is 5.69 Å². The van der Waals surface area contributed by atoms with Gasteiger partial charge in [-0.2, -0.15) is 13.2 Å². The zero-order valence-electron chi connectivity index (χ0n) is 12.5. The van der Waals surface area contributed by atoms with Crippen LogP contribution in [-0.2, 0) is 6.18 Å². The molecule has 118 valence electrons. The van der Waals surface area contributed by atoms with Gasteiger partial charge in [0, 0.05) is 11.7 Å². The third-order valence-corrected chi connectivity index (χ3v) is 4.67. The van der Waals surface area contributed by atoms with Crippen LogP contribution in [0.1, 0.15) is 39.2 Å². The van der Waals surface area contributed by atoms with E-state index in [1.807, 2.05) is 6.92 Å². The Morgan fingerprint density at radius 1 is 1.29 bits per heavy atom. The second kappa shape index (κ2) is 5.52. The van der Waals surface area contributed by atoms with Gasteiger partial charge in [-0.3, -0.25) is 0 Å². The van der Waals surface area contributed by atoms with E-state index in [0.717, 1.165) is 18.6 Å². The van der Waals surface area contributed by atoms with E-state index in [-0.39, 0.29) is 17.4 Å². The maximum atomic E-state index is 12.7. The van der Waals surface area contributed by atoms with Gasteiger partial charge >= 0.3 is 6.18 Å². The van der Waals surface area contributed by atoms with Crippen molar-refractivity contribution in [2.75, 3.05) is 5.32 Å². The van der Waals surface area contributed by atoms with Gasteiger partial charge in [0.15, 0.2) is 0 Å². The Morgan fingerprint density at radius 2 is 1.95 bits per heavy atom. The number of halogens is 3. The molecule has 1 aliphatic rings. The third-order valence-electron chi connectivity index (χ3n) is 4.67. The average Bonchev–Trinajstić information content (AvgIpc) is 2.35. The van der Waals surface area contributed by atoms with Crippen molar-refractivity contribution in [1.29, 1.82) is 0 Å². The Labute approximate surface area is 123 Å². The zero-order chi connectivity index (χ0) is 15.8. The fraction of sp³-hybridized carbons (Fsp3) is 0.625. The van der Waals surface area contributed by atoms with Gasteiger partial charge in [-0.15, -0.1) is 0 Å². The second-order valence-electron chi connectivity index (χ2n) is 6.70. The van der Waals surface area contributed by atoms with E-state index < -0.39 is 17.8 Å². The molecule has 1 saturated carbocycles. The normalized spacial score (nSPS) is 29.2. The van der Waals surface area contributed by atoms with Crippen molar-refractivity contribution < 1.29 is 18.3 Å². The molecule has 2 rings (SSSR count). The molecule has 1 aliphatic carbocycles. The van der Waals surface area contributed by atoms with Gasteiger partial charge in [-0.05, 0) is 42.4 Å². The fourth-order valence-corrected chi connectivity index (χ4v) is 3.05. The summed E-state index contributed by atoms with van der Waals surface area (Å²) in [5, 5.41) is 13.3. The number of aliphatic hydroxyl groups excluding tert-OH is 1. The lowest BCUT2D eigenvalue weighted by molar-refractivity contribution is -0.137. The van der Waals surface area contributed by atoms with Crippen LogP contribution in [0, 0.1) is 11.3 Å². The highest BCUT2D eigenvalue weighted by Gasteiger charge is 2.39. The minimum Gasteiger partial charge on any atom is -0.393 e. The van der Waals surface area contributed by atoms with Gasteiger partial charge in [0.25, 0.3) is 0 Å². The first-order chi connectivity index (χ1) is 9.59. The van der Waals surface area contributed by atoms with Gasteiger partial charge < -0.3 is 10.4 Å². The molecule has 1 aromatic rings. The molecule has 2 nitrogen and oxygen atoms in total. The maximum absolute atomic E-state index is 12.7. The summed E-state index contributed by atoms with van der Waals surface area (Å²) in [6.07, 6.45) is -3.39. The molecular weight excluding hydrogens is 279 g/mol. The molecule has 0 bridgehead atoms. The van der Waals surface area contributed by atoms with E-state index in [1.165, 1.54) is 6.07 Å². The molecule has 21 heavy (non-hydrogen) atoms. The number of hydrogen-bond acceptors (Lipinski definition) is 2. The largest absolute Gasteiger partial charge is 0.416 e. The first kappa shape index (κ1) is 16.1. The summed E-state index contributed by atoms with van der Waals surface area (Å²) in [7, 11) is 0. The number of nitrogens with one attached hydrogen (secondary N) is 1. The summed E-state index contributed by atoms with van der Waals surface area (Å²) in [4.78, 5) is 0. The Kier molecular flexibility index (Phi) is 4.24. The molecule has 0 radical (unpaired) electrons. The quantitative estimate of drug-likeness (QED) is 0.853. The lowest BCUT2D eigenvalue weighted by atomic mass is 9.66. The van der Waals surface area contributed by atoms with E-state index >= 15 is 0 Å². The molecule has 3 unspecified atom stereocenters. The van der Waals surface area contributed by atoms with Crippen LogP contribution in [0.5, 0.6) is 0 Å². The van der Waals surface area contributed by atoms with Gasteiger partial charge in [0.05, 0.1) is 11.7 Å². The first-order valence-electron chi connectivity index (χ1n) is 7.21. The molecule has 0 aromatic heterocycles. The Hall–Kier alpha value is -1.23. The van der Waals surface area contributed by atoms with Gasteiger partial charge in [-0.25, -0.2) is 0 Å². The Bertz CT molecular complexity index is 499. The summed E-state index contributed by atoms with van der Waals surface area (Å²) in [5.41, 5.74) is -0.249. The van der Waals surface area contributed by atoms with E-state index in [2.05, 4.69) is 19.2 Å². The van der Waals surface area contributed by atoms with Crippen LogP contribution in [0.4, 0.5) is 18.9 Å². The predicted molar refractivity (Wildman–Crippen MR) is 77.0 cm³/mol. The molecule has 0 saturated heterocycles. The van der Waals surface area contributed by atoms with Crippen LogP contribution in [0.25, 0.3) is 0 Å². The fourth-order valence-electron chi connectivity index (χ4n) is 3.05. The van der Waals surface area contributed by atoms with Gasteiger partial charge in [-0.1, -0.05) is 26.8 Å². The minimum atomic E-state index is -4.34. The molecule has 0 amide bonds. The number of benzene rings is 1. The summed E-state index contributed by atoms with van der Waals surface area (Å²) in [5.74, 6) is 0.178. The number of hydrogen-bond donors (Lipinski definition) is 2.